The lowest BCUT2D eigenvalue weighted by Gasteiger charge is -2.02. The average molecular weight is 383 g/mol. The molecule has 27 heavy (non-hydrogen) atoms. The number of nitrogens with one attached hydrogen (secondary N) is 1. The molecule has 0 spiro atoms. The minimum absolute atomic E-state index is 0.106. The van der Waals surface area contributed by atoms with Gasteiger partial charge in [0, 0.05) is 5.56 Å². The molecule has 0 aliphatic heterocycles. The predicted molar refractivity (Wildman–Crippen MR) is 102 cm³/mol. The van der Waals surface area contributed by atoms with Gasteiger partial charge in [-0.1, -0.05) is 41.9 Å². The number of hydrogen-bond donors (Lipinski definition) is 2. The van der Waals surface area contributed by atoms with Crippen molar-refractivity contribution in [3.63, 3.8) is 0 Å². The van der Waals surface area contributed by atoms with Gasteiger partial charge in [0.05, 0.1) is 23.2 Å². The Morgan fingerprint density at radius 2 is 1.89 bits per heavy atom. The van der Waals surface area contributed by atoms with Crippen molar-refractivity contribution in [1.82, 2.24) is 5.43 Å². The number of carboxylic acids is 1. The third kappa shape index (κ3) is 4.83. The Hall–Kier alpha value is -3.38. The minimum atomic E-state index is -1.05. The van der Waals surface area contributed by atoms with E-state index < -0.39 is 5.97 Å². The molecule has 136 valence electrons. The quantitative estimate of drug-likeness (QED) is 0.498. The van der Waals surface area contributed by atoms with Crippen LogP contribution in [0.1, 0.15) is 21.7 Å². The maximum Gasteiger partial charge on any atom is 0.335 e. The summed E-state index contributed by atoms with van der Waals surface area (Å²) in [7, 11) is 0. The number of amides is 1. The first kappa shape index (κ1) is 18.4. The van der Waals surface area contributed by atoms with Crippen LogP contribution in [0.3, 0.4) is 0 Å². The van der Waals surface area contributed by atoms with E-state index in [4.69, 9.17) is 21.1 Å². The number of carboxylic acid groups (broad SMARTS) is 1. The van der Waals surface area contributed by atoms with Gasteiger partial charge < -0.3 is 9.52 Å². The van der Waals surface area contributed by atoms with E-state index in [1.807, 2.05) is 30.3 Å². The smallest absolute Gasteiger partial charge is 0.335 e. The fourth-order valence-electron chi connectivity index (χ4n) is 2.40. The standard InChI is InChI=1S/C20H15ClN2O4/c21-17-8-6-14(20(25)26)11-16(17)18-9-7-15(27-18)12-22-23-19(24)10-13-4-2-1-3-5-13/h1-9,11-12H,10H2,(H,23,24)(H,25,26). The van der Waals surface area contributed by atoms with Crippen molar-refractivity contribution in [2.24, 2.45) is 5.10 Å². The predicted octanol–water partition coefficient (Wildman–Crippen LogP) is 3.99. The molecule has 1 heterocycles. The van der Waals surface area contributed by atoms with Crippen molar-refractivity contribution in [2.45, 2.75) is 6.42 Å². The molecule has 2 aromatic carbocycles. The van der Waals surface area contributed by atoms with Gasteiger partial charge in [0.15, 0.2) is 0 Å². The van der Waals surface area contributed by atoms with Crippen molar-refractivity contribution < 1.29 is 19.1 Å². The maximum absolute atomic E-state index is 11.8. The van der Waals surface area contributed by atoms with Gasteiger partial charge in [0.25, 0.3) is 0 Å². The van der Waals surface area contributed by atoms with E-state index in [-0.39, 0.29) is 17.9 Å². The Morgan fingerprint density at radius 3 is 2.63 bits per heavy atom. The first-order chi connectivity index (χ1) is 13.0. The number of nitrogens with zero attached hydrogens (tertiary/aromatic N) is 1. The van der Waals surface area contributed by atoms with Crippen molar-refractivity contribution in [2.75, 3.05) is 0 Å². The first-order valence-electron chi connectivity index (χ1n) is 8.02. The monoisotopic (exact) mass is 382 g/mol. The van der Waals surface area contributed by atoms with Gasteiger partial charge >= 0.3 is 5.97 Å². The Bertz CT molecular complexity index is 996. The third-order valence-electron chi connectivity index (χ3n) is 3.69. The zero-order chi connectivity index (χ0) is 19.2. The van der Waals surface area contributed by atoms with Crippen molar-refractivity contribution in [3.8, 4) is 11.3 Å². The molecule has 0 saturated heterocycles. The number of benzene rings is 2. The van der Waals surface area contributed by atoms with Gasteiger partial charge in [-0.25, -0.2) is 10.2 Å². The van der Waals surface area contributed by atoms with Crippen LogP contribution < -0.4 is 5.43 Å². The molecular formula is C20H15ClN2O4. The van der Waals surface area contributed by atoms with Gasteiger partial charge in [0.2, 0.25) is 5.91 Å². The Balaban J connectivity index is 1.66. The van der Waals surface area contributed by atoms with Crippen LogP contribution in [0, 0.1) is 0 Å². The molecule has 1 amide bonds. The SMILES string of the molecule is O=C(Cc1ccccc1)NN=Cc1ccc(-c2cc(C(=O)O)ccc2Cl)o1. The number of halogens is 1. The molecule has 0 aliphatic rings. The molecule has 0 aliphatic carbocycles. The lowest BCUT2D eigenvalue weighted by atomic mass is 10.1. The molecular weight excluding hydrogens is 368 g/mol. The van der Waals surface area contributed by atoms with E-state index in [1.165, 1.54) is 24.4 Å². The van der Waals surface area contributed by atoms with E-state index in [2.05, 4.69) is 10.5 Å². The molecule has 0 radical (unpaired) electrons. The van der Waals surface area contributed by atoms with Gasteiger partial charge in [-0.2, -0.15) is 5.10 Å². The summed E-state index contributed by atoms with van der Waals surface area (Å²) in [4.78, 5) is 22.9. The second-order valence-corrected chi connectivity index (χ2v) is 6.06. The average Bonchev–Trinajstić information content (AvgIpc) is 3.11. The molecule has 0 bridgehead atoms. The van der Waals surface area contributed by atoms with Crippen LogP contribution in [0.5, 0.6) is 0 Å². The van der Waals surface area contributed by atoms with Crippen LogP contribution in [0.15, 0.2) is 70.2 Å². The second kappa shape index (κ2) is 8.33. The van der Waals surface area contributed by atoms with E-state index in [0.29, 0.717) is 22.1 Å². The topological polar surface area (TPSA) is 91.9 Å². The molecule has 6 nitrogen and oxygen atoms in total. The molecule has 3 rings (SSSR count). The molecule has 7 heteroatoms. The van der Waals surface area contributed by atoms with Crippen LogP contribution in [0.25, 0.3) is 11.3 Å². The summed E-state index contributed by atoms with van der Waals surface area (Å²) >= 11 is 6.12. The number of aromatic carboxylic acids is 1. The summed E-state index contributed by atoms with van der Waals surface area (Å²) < 4.78 is 5.61. The highest BCUT2D eigenvalue weighted by atomic mass is 35.5. The van der Waals surface area contributed by atoms with E-state index in [1.54, 1.807) is 12.1 Å². The largest absolute Gasteiger partial charge is 0.478 e. The van der Waals surface area contributed by atoms with Gasteiger partial charge in [-0.15, -0.1) is 0 Å². The van der Waals surface area contributed by atoms with Crippen LogP contribution in [-0.2, 0) is 11.2 Å². The first-order valence-corrected chi connectivity index (χ1v) is 8.39. The highest BCUT2D eigenvalue weighted by Gasteiger charge is 2.12. The maximum atomic E-state index is 11.8. The van der Waals surface area contributed by atoms with E-state index in [0.717, 1.165) is 5.56 Å². The van der Waals surface area contributed by atoms with Crippen LogP contribution in [0.2, 0.25) is 5.02 Å². The van der Waals surface area contributed by atoms with Crippen LogP contribution in [0.4, 0.5) is 0 Å². The lowest BCUT2D eigenvalue weighted by Crippen LogP contribution is -2.19. The molecule has 0 unspecified atom stereocenters. The third-order valence-corrected chi connectivity index (χ3v) is 4.02. The molecule has 0 atom stereocenters. The summed E-state index contributed by atoms with van der Waals surface area (Å²) in [6.45, 7) is 0. The fraction of sp³-hybridized carbons (Fsp3) is 0.0500. The number of carbonyl (C=O) groups is 2. The number of hydrazone groups is 1. The van der Waals surface area contributed by atoms with Gasteiger partial charge in [-0.3, -0.25) is 4.79 Å². The zero-order valence-electron chi connectivity index (χ0n) is 14.1. The second-order valence-electron chi connectivity index (χ2n) is 5.66. The number of rotatable bonds is 6. The van der Waals surface area contributed by atoms with E-state index in [9.17, 15) is 9.59 Å². The lowest BCUT2D eigenvalue weighted by molar-refractivity contribution is -0.120. The minimum Gasteiger partial charge on any atom is -0.478 e. The van der Waals surface area contributed by atoms with Crippen molar-refractivity contribution in [3.05, 3.63) is 82.6 Å². The molecule has 0 fully saturated rings. The zero-order valence-corrected chi connectivity index (χ0v) is 14.8. The number of carbonyl (C=O) groups excluding carboxylic acids is 1. The normalized spacial score (nSPS) is 10.9. The molecule has 3 aromatic rings. The van der Waals surface area contributed by atoms with Gasteiger partial charge in [-0.05, 0) is 35.9 Å². The van der Waals surface area contributed by atoms with Crippen LogP contribution >= 0.6 is 11.6 Å². The Kier molecular flexibility index (Phi) is 5.68. The van der Waals surface area contributed by atoms with Crippen LogP contribution in [-0.4, -0.2) is 23.2 Å². The highest BCUT2D eigenvalue weighted by molar-refractivity contribution is 6.33. The Morgan fingerprint density at radius 1 is 1.11 bits per heavy atom. The van der Waals surface area contributed by atoms with Crippen molar-refractivity contribution in [1.29, 1.82) is 0 Å². The summed E-state index contributed by atoms with van der Waals surface area (Å²) in [5.41, 5.74) is 3.89. The summed E-state index contributed by atoms with van der Waals surface area (Å²) in [6.07, 6.45) is 1.58. The van der Waals surface area contributed by atoms with E-state index >= 15 is 0 Å². The Labute approximate surface area is 160 Å². The number of hydrogen-bond acceptors (Lipinski definition) is 4. The fourth-order valence-corrected chi connectivity index (χ4v) is 2.61. The summed E-state index contributed by atoms with van der Waals surface area (Å²) in [5.74, 6) is -0.509. The molecule has 2 N–H and O–H groups in total. The molecule has 0 saturated carbocycles. The molecule has 1 aromatic heterocycles. The highest BCUT2D eigenvalue weighted by Crippen LogP contribution is 2.30. The number of furan rings is 1. The summed E-state index contributed by atoms with van der Waals surface area (Å²) in [6, 6.07) is 17.0. The summed E-state index contributed by atoms with van der Waals surface area (Å²) in [5, 5.41) is 13.3. The van der Waals surface area contributed by atoms with Crippen molar-refractivity contribution >= 4 is 29.7 Å². The van der Waals surface area contributed by atoms with Gasteiger partial charge in [0.1, 0.15) is 11.5 Å².